The molecule has 3 aromatic carbocycles. The van der Waals surface area contributed by atoms with E-state index < -0.39 is 0 Å². The Morgan fingerprint density at radius 2 is 1.25 bits per heavy atom. The van der Waals surface area contributed by atoms with Gasteiger partial charge in [-0.3, -0.25) is 0 Å². The van der Waals surface area contributed by atoms with Crippen LogP contribution in [0.25, 0.3) is 21.9 Å². The molecule has 0 radical (unpaired) electrons. The lowest BCUT2D eigenvalue weighted by Crippen LogP contribution is -2.05. The Morgan fingerprint density at radius 3 is 2.00 bits per heavy atom. The monoisotopic (exact) mass is 318 g/mol. The Hall–Kier alpha value is -2.08. The third-order valence-corrected chi connectivity index (χ3v) is 4.48. The van der Waals surface area contributed by atoms with Gasteiger partial charge in [-0.1, -0.05) is 87.4 Å². The molecular formula is C24H30. The molecule has 0 saturated heterocycles. The van der Waals surface area contributed by atoms with Crippen LogP contribution < -0.4 is 0 Å². The third-order valence-electron chi connectivity index (χ3n) is 4.48. The van der Waals surface area contributed by atoms with Gasteiger partial charge in [0.2, 0.25) is 0 Å². The third kappa shape index (κ3) is 3.38. The topological polar surface area (TPSA) is 0 Å². The molecule has 0 fully saturated rings. The molecule has 24 heavy (non-hydrogen) atoms. The first-order chi connectivity index (χ1) is 11.7. The van der Waals surface area contributed by atoms with Crippen molar-refractivity contribution in [3.8, 4) is 11.1 Å². The van der Waals surface area contributed by atoms with E-state index in [4.69, 9.17) is 0 Å². The van der Waals surface area contributed by atoms with E-state index in [1.807, 2.05) is 27.7 Å². The minimum Gasteiger partial charge on any atom is -0.0683 e. The summed E-state index contributed by atoms with van der Waals surface area (Å²) in [6, 6.07) is 18.3. The molecule has 1 aliphatic carbocycles. The maximum atomic E-state index is 2.34. The van der Waals surface area contributed by atoms with Gasteiger partial charge in [0.25, 0.3) is 0 Å². The van der Waals surface area contributed by atoms with E-state index in [0.717, 1.165) is 12.8 Å². The van der Waals surface area contributed by atoms with E-state index in [1.165, 1.54) is 44.2 Å². The van der Waals surface area contributed by atoms with Crippen LogP contribution in [-0.2, 0) is 12.8 Å². The number of hydrogen-bond donors (Lipinski definition) is 0. The van der Waals surface area contributed by atoms with Crippen molar-refractivity contribution in [1.29, 1.82) is 0 Å². The van der Waals surface area contributed by atoms with Crippen LogP contribution in [0.4, 0.5) is 0 Å². The maximum Gasteiger partial charge on any atom is -0.0143 e. The molecule has 126 valence electrons. The SMILES string of the molecule is CC.CC.Cc1ccc2c(c1)CCc1c-2ccc2cc(C)ccc12. The lowest BCUT2D eigenvalue weighted by atomic mass is 9.82. The Morgan fingerprint density at radius 1 is 0.625 bits per heavy atom. The van der Waals surface area contributed by atoms with Gasteiger partial charge < -0.3 is 0 Å². The zero-order chi connectivity index (χ0) is 17.7. The van der Waals surface area contributed by atoms with Crippen molar-refractivity contribution in [1.82, 2.24) is 0 Å². The van der Waals surface area contributed by atoms with Crippen molar-refractivity contribution in [2.45, 2.75) is 54.4 Å². The molecule has 1 aliphatic rings. The number of hydrogen-bond acceptors (Lipinski definition) is 0. The highest BCUT2D eigenvalue weighted by Crippen LogP contribution is 2.37. The Kier molecular flexibility index (Phi) is 6.20. The van der Waals surface area contributed by atoms with Crippen LogP contribution in [0.2, 0.25) is 0 Å². The molecule has 0 spiro atoms. The van der Waals surface area contributed by atoms with Crippen LogP contribution in [0.1, 0.15) is 49.9 Å². The van der Waals surface area contributed by atoms with Gasteiger partial charge in [0.1, 0.15) is 0 Å². The highest BCUT2D eigenvalue weighted by atomic mass is 14.2. The van der Waals surface area contributed by atoms with Gasteiger partial charge in [0.05, 0.1) is 0 Å². The first-order valence-corrected chi connectivity index (χ1v) is 9.34. The first kappa shape index (κ1) is 18.3. The highest BCUT2D eigenvalue weighted by Gasteiger charge is 2.17. The van der Waals surface area contributed by atoms with Crippen molar-refractivity contribution in [3.63, 3.8) is 0 Å². The van der Waals surface area contributed by atoms with E-state index >= 15 is 0 Å². The summed E-state index contributed by atoms with van der Waals surface area (Å²) >= 11 is 0. The fourth-order valence-electron chi connectivity index (χ4n) is 3.49. The first-order valence-electron chi connectivity index (χ1n) is 9.34. The van der Waals surface area contributed by atoms with Gasteiger partial charge in [-0.05, 0) is 59.7 Å². The summed E-state index contributed by atoms with van der Waals surface area (Å²) in [6.45, 7) is 12.3. The number of aryl methyl sites for hydroxylation is 4. The van der Waals surface area contributed by atoms with Gasteiger partial charge in [-0.25, -0.2) is 0 Å². The fourth-order valence-corrected chi connectivity index (χ4v) is 3.49. The molecule has 0 heteroatoms. The zero-order valence-corrected chi connectivity index (χ0v) is 16.0. The lowest BCUT2D eigenvalue weighted by molar-refractivity contribution is 0.948. The largest absolute Gasteiger partial charge is 0.0683 e. The quantitative estimate of drug-likeness (QED) is 0.408. The molecule has 3 aromatic rings. The van der Waals surface area contributed by atoms with Gasteiger partial charge in [-0.15, -0.1) is 0 Å². The molecule has 0 N–H and O–H groups in total. The van der Waals surface area contributed by atoms with E-state index in [2.05, 4.69) is 62.4 Å². The summed E-state index contributed by atoms with van der Waals surface area (Å²) in [4.78, 5) is 0. The molecule has 0 amide bonds. The van der Waals surface area contributed by atoms with Crippen molar-refractivity contribution >= 4 is 10.8 Å². The van der Waals surface area contributed by atoms with Crippen LogP contribution in [0.3, 0.4) is 0 Å². The standard InChI is InChI=1S/C20H18.2C2H6/c1-13-3-7-17-15(11-13)5-9-20-18-8-4-14(2)12-16(18)6-10-19(17)20;2*1-2/h3-5,7-9,11-12H,6,10H2,1-2H3;2*1-2H3. The molecule has 0 heterocycles. The number of benzene rings is 3. The molecule has 0 aliphatic heterocycles. The summed E-state index contributed by atoms with van der Waals surface area (Å²) in [6.07, 6.45) is 2.32. The highest BCUT2D eigenvalue weighted by molar-refractivity contribution is 5.93. The second-order valence-corrected chi connectivity index (χ2v) is 5.98. The minimum atomic E-state index is 1.16. The van der Waals surface area contributed by atoms with Gasteiger partial charge in [-0.2, -0.15) is 0 Å². The Bertz CT molecular complexity index is 825. The predicted molar refractivity (Wildman–Crippen MR) is 109 cm³/mol. The van der Waals surface area contributed by atoms with E-state index in [0.29, 0.717) is 0 Å². The lowest BCUT2D eigenvalue weighted by Gasteiger charge is -2.22. The summed E-state index contributed by atoms with van der Waals surface area (Å²) in [5, 5.41) is 2.80. The van der Waals surface area contributed by atoms with Crippen LogP contribution in [0.5, 0.6) is 0 Å². The second kappa shape index (κ2) is 8.15. The van der Waals surface area contributed by atoms with E-state index in [1.54, 1.807) is 0 Å². The average molecular weight is 319 g/mol. The fraction of sp³-hybridized carbons (Fsp3) is 0.333. The van der Waals surface area contributed by atoms with Crippen molar-refractivity contribution in [2.75, 3.05) is 0 Å². The van der Waals surface area contributed by atoms with Gasteiger partial charge >= 0.3 is 0 Å². The van der Waals surface area contributed by atoms with Crippen molar-refractivity contribution in [3.05, 3.63) is 70.8 Å². The average Bonchev–Trinajstić information content (AvgIpc) is 2.64. The summed E-state index contributed by atoms with van der Waals surface area (Å²) in [5.41, 5.74) is 8.60. The molecule has 4 rings (SSSR count). The summed E-state index contributed by atoms with van der Waals surface area (Å²) in [5.74, 6) is 0. The van der Waals surface area contributed by atoms with E-state index in [9.17, 15) is 0 Å². The molecular weight excluding hydrogens is 288 g/mol. The maximum absolute atomic E-state index is 2.34. The second-order valence-electron chi connectivity index (χ2n) is 5.98. The molecule has 0 saturated carbocycles. The number of rotatable bonds is 0. The molecule has 0 bridgehead atoms. The molecule has 0 atom stereocenters. The smallest absolute Gasteiger partial charge is 0.0143 e. The van der Waals surface area contributed by atoms with Crippen LogP contribution in [0.15, 0.2) is 48.5 Å². The molecule has 0 aromatic heterocycles. The van der Waals surface area contributed by atoms with Crippen LogP contribution in [0, 0.1) is 13.8 Å². The number of fused-ring (bicyclic) bond motifs is 5. The van der Waals surface area contributed by atoms with Crippen LogP contribution >= 0.6 is 0 Å². The predicted octanol–water partition coefficient (Wildman–Crippen LogP) is 7.27. The zero-order valence-electron chi connectivity index (χ0n) is 16.0. The summed E-state index contributed by atoms with van der Waals surface area (Å²) < 4.78 is 0. The Balaban J connectivity index is 0.000000487. The van der Waals surface area contributed by atoms with E-state index in [-0.39, 0.29) is 0 Å². The molecule has 0 unspecified atom stereocenters. The van der Waals surface area contributed by atoms with Crippen molar-refractivity contribution < 1.29 is 0 Å². The van der Waals surface area contributed by atoms with Gasteiger partial charge in [0.15, 0.2) is 0 Å². The van der Waals surface area contributed by atoms with Gasteiger partial charge in [0, 0.05) is 0 Å². The van der Waals surface area contributed by atoms with Crippen LogP contribution in [-0.4, -0.2) is 0 Å². The normalized spacial score (nSPS) is 11.4. The molecule has 0 nitrogen and oxygen atoms in total. The Labute approximate surface area is 147 Å². The summed E-state index contributed by atoms with van der Waals surface area (Å²) in [7, 11) is 0. The van der Waals surface area contributed by atoms with Crippen molar-refractivity contribution in [2.24, 2.45) is 0 Å². The minimum absolute atomic E-state index is 1.16.